The number of nitrogens with zero attached hydrogens (tertiary/aromatic N) is 1. The first kappa shape index (κ1) is 22.2. The summed E-state index contributed by atoms with van der Waals surface area (Å²) in [7, 11) is 0. The van der Waals surface area contributed by atoms with Gasteiger partial charge in [-0.25, -0.2) is 0 Å². The Kier molecular flexibility index (Phi) is 6.96. The molecule has 32 heavy (non-hydrogen) atoms. The second-order valence-electron chi connectivity index (χ2n) is 6.71. The predicted octanol–water partition coefficient (Wildman–Crippen LogP) is 3.15. The summed E-state index contributed by atoms with van der Waals surface area (Å²) in [5, 5.41) is 16.1. The van der Waals surface area contributed by atoms with Crippen molar-refractivity contribution in [3.63, 3.8) is 0 Å². The van der Waals surface area contributed by atoms with Crippen molar-refractivity contribution in [2.75, 3.05) is 11.9 Å². The number of amides is 2. The number of rotatable bonds is 8. The van der Waals surface area contributed by atoms with Crippen LogP contribution in [0.25, 0.3) is 0 Å². The molecule has 0 saturated carbocycles. The van der Waals surface area contributed by atoms with Gasteiger partial charge in [0.15, 0.2) is 5.76 Å². The van der Waals surface area contributed by atoms with E-state index >= 15 is 0 Å². The smallest absolute Gasteiger partial charge is 0.326 e. The maximum absolute atomic E-state index is 12.9. The maximum atomic E-state index is 12.9. The molecule has 0 bridgehead atoms. The number of hydrogen-bond acceptors (Lipinski definition) is 7. The Balaban J connectivity index is 1.75. The van der Waals surface area contributed by atoms with Gasteiger partial charge < -0.3 is 19.8 Å². The molecule has 0 spiro atoms. The summed E-state index contributed by atoms with van der Waals surface area (Å²) in [6, 6.07) is 15.4. The molecule has 0 fully saturated rings. The average Bonchev–Trinajstić information content (AvgIpc) is 3.32. The lowest BCUT2D eigenvalue weighted by atomic mass is 10.1. The first-order chi connectivity index (χ1) is 15.3. The zero-order valence-corrected chi connectivity index (χ0v) is 16.9. The Morgan fingerprint density at radius 1 is 1.09 bits per heavy atom. The van der Waals surface area contributed by atoms with Gasteiger partial charge in [0, 0.05) is 11.6 Å². The lowest BCUT2D eigenvalue weighted by molar-refractivity contribution is -0.384. The number of nitro benzene ring substituents is 1. The van der Waals surface area contributed by atoms with Crippen LogP contribution in [-0.4, -0.2) is 29.3 Å². The van der Waals surface area contributed by atoms with Crippen LogP contribution in [0.3, 0.4) is 0 Å². The summed E-state index contributed by atoms with van der Waals surface area (Å²) in [5.41, 5.74) is 0.675. The van der Waals surface area contributed by atoms with Gasteiger partial charge in [-0.1, -0.05) is 36.4 Å². The fourth-order valence-corrected chi connectivity index (χ4v) is 2.82. The van der Waals surface area contributed by atoms with Crippen molar-refractivity contribution in [3.8, 4) is 0 Å². The molecular formula is C22H19N3O7. The fraction of sp³-hybridized carbons (Fsp3) is 0.136. The molecule has 0 aliphatic carbocycles. The highest BCUT2D eigenvalue weighted by molar-refractivity contribution is 5.98. The van der Waals surface area contributed by atoms with Gasteiger partial charge in [-0.2, -0.15) is 0 Å². The van der Waals surface area contributed by atoms with Crippen LogP contribution in [-0.2, 0) is 14.3 Å². The fourth-order valence-electron chi connectivity index (χ4n) is 2.82. The van der Waals surface area contributed by atoms with Crippen LogP contribution in [0.4, 0.5) is 11.4 Å². The Bertz CT molecular complexity index is 1130. The molecule has 1 aromatic heterocycles. The largest absolute Gasteiger partial charge is 0.459 e. The van der Waals surface area contributed by atoms with Crippen LogP contribution < -0.4 is 10.6 Å². The van der Waals surface area contributed by atoms with Gasteiger partial charge in [-0.05, 0) is 30.7 Å². The summed E-state index contributed by atoms with van der Waals surface area (Å²) >= 11 is 0. The van der Waals surface area contributed by atoms with Crippen LogP contribution in [0.2, 0.25) is 0 Å². The molecule has 0 radical (unpaired) electrons. The van der Waals surface area contributed by atoms with E-state index in [0.717, 1.165) is 0 Å². The molecule has 10 nitrogen and oxygen atoms in total. The highest BCUT2D eigenvalue weighted by Crippen LogP contribution is 2.27. The molecule has 2 amide bonds. The molecule has 3 rings (SSSR count). The van der Waals surface area contributed by atoms with Gasteiger partial charge in [0.05, 0.1) is 11.2 Å². The van der Waals surface area contributed by atoms with E-state index in [1.165, 1.54) is 30.5 Å². The molecule has 1 unspecified atom stereocenters. The SMILES string of the molecule is Cc1ccc(NC(=O)C(OC(=O)CNC(=O)c2ccco2)c2ccccc2)c([N+](=O)[O-])c1. The number of hydrogen-bond donors (Lipinski definition) is 2. The van der Waals surface area contributed by atoms with Gasteiger partial charge in [0.1, 0.15) is 12.2 Å². The zero-order chi connectivity index (χ0) is 23.1. The summed E-state index contributed by atoms with van der Waals surface area (Å²) < 4.78 is 10.2. The first-order valence-electron chi connectivity index (χ1n) is 9.47. The summed E-state index contributed by atoms with van der Waals surface area (Å²) in [5.74, 6) is -2.27. The van der Waals surface area contributed by atoms with Crippen LogP contribution >= 0.6 is 0 Å². The summed E-state index contributed by atoms with van der Waals surface area (Å²) in [6.07, 6.45) is -0.0853. The lowest BCUT2D eigenvalue weighted by Crippen LogP contribution is -2.33. The standard InChI is InChI=1S/C22H19N3O7/c1-14-9-10-16(17(12-14)25(29)30)24-22(28)20(15-6-3-2-4-7-15)32-19(26)13-23-21(27)18-8-5-11-31-18/h2-12,20H,13H2,1H3,(H,23,27)(H,24,28). The molecule has 10 heteroatoms. The first-order valence-corrected chi connectivity index (χ1v) is 9.47. The molecule has 1 atom stereocenters. The number of carbonyl (C=O) groups is 3. The Morgan fingerprint density at radius 3 is 2.50 bits per heavy atom. The molecular weight excluding hydrogens is 418 g/mol. The molecule has 164 valence electrons. The van der Waals surface area contributed by atoms with Gasteiger partial charge in [0.25, 0.3) is 17.5 Å². The van der Waals surface area contributed by atoms with Crippen LogP contribution in [0.5, 0.6) is 0 Å². The van der Waals surface area contributed by atoms with E-state index in [2.05, 4.69) is 10.6 Å². The number of esters is 1. The van der Waals surface area contributed by atoms with E-state index in [1.807, 2.05) is 0 Å². The van der Waals surface area contributed by atoms with Crippen LogP contribution in [0.15, 0.2) is 71.3 Å². The Hall–Kier alpha value is -4.47. The normalized spacial score (nSPS) is 11.3. The highest BCUT2D eigenvalue weighted by atomic mass is 16.6. The lowest BCUT2D eigenvalue weighted by Gasteiger charge is -2.18. The number of furan rings is 1. The minimum Gasteiger partial charge on any atom is -0.459 e. The average molecular weight is 437 g/mol. The highest BCUT2D eigenvalue weighted by Gasteiger charge is 2.27. The zero-order valence-electron chi connectivity index (χ0n) is 16.9. The number of carbonyl (C=O) groups excluding carboxylic acids is 3. The van der Waals surface area contributed by atoms with E-state index in [0.29, 0.717) is 11.1 Å². The number of benzene rings is 2. The van der Waals surface area contributed by atoms with E-state index in [-0.39, 0.29) is 17.1 Å². The van der Waals surface area contributed by atoms with Crippen molar-refractivity contribution in [2.45, 2.75) is 13.0 Å². The monoisotopic (exact) mass is 437 g/mol. The topological polar surface area (TPSA) is 141 Å². The number of anilines is 1. The quantitative estimate of drug-likeness (QED) is 0.313. The van der Waals surface area contributed by atoms with E-state index in [9.17, 15) is 24.5 Å². The molecule has 3 aromatic rings. The predicted molar refractivity (Wildman–Crippen MR) is 113 cm³/mol. The van der Waals surface area contributed by atoms with E-state index in [4.69, 9.17) is 9.15 Å². The third-order valence-corrected chi connectivity index (χ3v) is 4.34. The Morgan fingerprint density at radius 2 is 1.84 bits per heavy atom. The molecule has 1 heterocycles. The van der Waals surface area contributed by atoms with Crippen LogP contribution in [0.1, 0.15) is 27.8 Å². The van der Waals surface area contributed by atoms with Crippen molar-refractivity contribution in [3.05, 3.63) is 93.9 Å². The van der Waals surface area contributed by atoms with Gasteiger partial charge >= 0.3 is 5.97 Å². The minimum absolute atomic E-state index is 0.0156. The molecule has 2 N–H and O–H groups in total. The van der Waals surface area contributed by atoms with E-state index in [1.54, 1.807) is 43.3 Å². The van der Waals surface area contributed by atoms with Crippen molar-refractivity contribution in [1.82, 2.24) is 5.32 Å². The van der Waals surface area contributed by atoms with Gasteiger partial charge in [-0.3, -0.25) is 24.5 Å². The number of nitrogens with one attached hydrogen (secondary N) is 2. The summed E-state index contributed by atoms with van der Waals surface area (Å²) in [6.45, 7) is 1.17. The third kappa shape index (κ3) is 5.57. The van der Waals surface area contributed by atoms with Gasteiger partial charge in [0.2, 0.25) is 6.10 Å². The third-order valence-electron chi connectivity index (χ3n) is 4.34. The summed E-state index contributed by atoms with van der Waals surface area (Å²) in [4.78, 5) is 47.9. The van der Waals surface area contributed by atoms with Crippen LogP contribution in [0, 0.1) is 17.0 Å². The van der Waals surface area contributed by atoms with Crippen molar-refractivity contribution >= 4 is 29.2 Å². The second-order valence-corrected chi connectivity index (χ2v) is 6.71. The van der Waals surface area contributed by atoms with Crippen molar-refractivity contribution in [1.29, 1.82) is 0 Å². The number of ether oxygens (including phenoxy) is 1. The van der Waals surface area contributed by atoms with Crippen molar-refractivity contribution < 1.29 is 28.5 Å². The van der Waals surface area contributed by atoms with Crippen molar-refractivity contribution in [2.24, 2.45) is 0 Å². The number of aryl methyl sites for hydroxylation is 1. The van der Waals surface area contributed by atoms with Gasteiger partial charge in [-0.15, -0.1) is 0 Å². The number of nitro groups is 1. The molecule has 0 aliphatic heterocycles. The maximum Gasteiger partial charge on any atom is 0.326 e. The molecule has 2 aromatic carbocycles. The second kappa shape index (κ2) is 10.0. The molecule has 0 saturated heterocycles. The van der Waals surface area contributed by atoms with E-state index < -0.39 is 35.4 Å². The molecule has 0 aliphatic rings. The minimum atomic E-state index is -1.40. The Labute approximate surface area is 182 Å².